The first-order chi connectivity index (χ1) is 13.5. The zero-order valence-corrected chi connectivity index (χ0v) is 17.0. The average Bonchev–Trinajstić information content (AvgIpc) is 2.89. The highest BCUT2D eigenvalue weighted by Gasteiger charge is 2.25. The Balaban J connectivity index is 1.71. The lowest BCUT2D eigenvalue weighted by atomic mass is 10.2. The number of carbonyl (C=O) groups is 2. The van der Waals surface area contributed by atoms with Gasteiger partial charge in [0.15, 0.2) is 6.61 Å². The van der Waals surface area contributed by atoms with E-state index in [0.717, 1.165) is 17.0 Å². The monoisotopic (exact) mass is 401 g/mol. The molecule has 0 aliphatic carbocycles. The van der Waals surface area contributed by atoms with Gasteiger partial charge in [-0.15, -0.1) is 11.8 Å². The summed E-state index contributed by atoms with van der Waals surface area (Å²) in [5.74, 6) is 0.108. The van der Waals surface area contributed by atoms with Gasteiger partial charge in [0, 0.05) is 22.8 Å². The summed E-state index contributed by atoms with van der Waals surface area (Å²) in [6.45, 7) is 2.41. The Hall–Kier alpha value is -2.67. The molecule has 1 aliphatic rings. The fourth-order valence-electron chi connectivity index (χ4n) is 2.96. The smallest absolute Gasteiger partial charge is 0.338 e. The van der Waals surface area contributed by atoms with Crippen LogP contribution >= 0.6 is 11.8 Å². The van der Waals surface area contributed by atoms with Crippen LogP contribution in [0.15, 0.2) is 47.4 Å². The number of methoxy groups -OCH3 is 2. The molecule has 148 valence electrons. The van der Waals surface area contributed by atoms with Crippen LogP contribution in [-0.2, 0) is 9.53 Å². The second kappa shape index (κ2) is 9.01. The number of esters is 1. The molecule has 0 radical (unpaired) electrons. The predicted octanol–water partition coefficient (Wildman–Crippen LogP) is 3.78. The van der Waals surface area contributed by atoms with Gasteiger partial charge in [0.2, 0.25) is 0 Å². The van der Waals surface area contributed by atoms with Gasteiger partial charge in [-0.05, 0) is 30.7 Å². The topological polar surface area (TPSA) is 65.1 Å². The quantitative estimate of drug-likeness (QED) is 0.711. The number of thioether (sulfide) groups is 1. The Kier molecular flexibility index (Phi) is 6.46. The molecule has 0 saturated heterocycles. The number of anilines is 1. The molecule has 0 spiro atoms. The standard InChI is InChI=1S/C21H23NO5S/c1-14-8-9-22(18-6-4-5-7-19(18)28-14)20(23)13-27-21(24)15-10-16(25-2)12-17(11-15)26-3/h4-7,10-12,14H,8-9,13H2,1-3H3/t14-/m1/s1. The van der Waals surface area contributed by atoms with Crippen molar-refractivity contribution in [2.75, 3.05) is 32.3 Å². The minimum Gasteiger partial charge on any atom is -0.497 e. The van der Waals surface area contributed by atoms with Crippen LogP contribution in [0.4, 0.5) is 5.69 Å². The molecule has 1 amide bonds. The SMILES string of the molecule is COc1cc(OC)cc(C(=O)OCC(=O)N2CC[C@@H](C)Sc3ccccc32)c1. The number of para-hydroxylation sites is 1. The Morgan fingerprint density at radius 2 is 1.79 bits per heavy atom. The van der Waals surface area contributed by atoms with Crippen molar-refractivity contribution in [2.45, 2.75) is 23.5 Å². The summed E-state index contributed by atoms with van der Waals surface area (Å²) in [7, 11) is 3.01. The molecule has 0 unspecified atom stereocenters. The van der Waals surface area contributed by atoms with Crippen molar-refractivity contribution in [1.82, 2.24) is 0 Å². The van der Waals surface area contributed by atoms with Crippen LogP contribution in [0.2, 0.25) is 0 Å². The van der Waals surface area contributed by atoms with Gasteiger partial charge in [-0.1, -0.05) is 19.1 Å². The molecule has 1 atom stereocenters. The molecule has 2 aromatic rings. The number of rotatable bonds is 5. The van der Waals surface area contributed by atoms with E-state index in [0.29, 0.717) is 23.3 Å². The molecule has 3 rings (SSSR count). The van der Waals surface area contributed by atoms with Crippen LogP contribution in [0.1, 0.15) is 23.7 Å². The number of fused-ring (bicyclic) bond motifs is 1. The lowest BCUT2D eigenvalue weighted by Crippen LogP contribution is -2.35. The minimum absolute atomic E-state index is 0.245. The molecule has 28 heavy (non-hydrogen) atoms. The zero-order chi connectivity index (χ0) is 20.1. The molecular formula is C21H23NO5S. The van der Waals surface area contributed by atoms with Crippen LogP contribution in [0.25, 0.3) is 0 Å². The molecule has 0 saturated carbocycles. The highest BCUT2D eigenvalue weighted by molar-refractivity contribution is 8.00. The summed E-state index contributed by atoms with van der Waals surface area (Å²) in [6.07, 6.45) is 0.867. The van der Waals surface area contributed by atoms with E-state index in [-0.39, 0.29) is 18.1 Å². The van der Waals surface area contributed by atoms with Crippen LogP contribution in [0, 0.1) is 0 Å². The number of benzene rings is 2. The number of hydrogen-bond acceptors (Lipinski definition) is 6. The summed E-state index contributed by atoms with van der Waals surface area (Å²) >= 11 is 1.75. The van der Waals surface area contributed by atoms with Gasteiger partial charge < -0.3 is 19.1 Å². The summed E-state index contributed by atoms with van der Waals surface area (Å²) in [4.78, 5) is 28.0. The highest BCUT2D eigenvalue weighted by Crippen LogP contribution is 2.37. The second-order valence-electron chi connectivity index (χ2n) is 6.41. The molecule has 7 heteroatoms. The predicted molar refractivity (Wildman–Crippen MR) is 109 cm³/mol. The third-order valence-electron chi connectivity index (χ3n) is 4.46. The number of nitrogens with zero attached hydrogens (tertiary/aromatic N) is 1. The Morgan fingerprint density at radius 1 is 1.11 bits per heavy atom. The van der Waals surface area contributed by atoms with Gasteiger partial charge in [0.25, 0.3) is 5.91 Å². The number of amides is 1. The molecule has 0 N–H and O–H groups in total. The summed E-state index contributed by atoms with van der Waals surface area (Å²) in [5, 5.41) is 0.408. The summed E-state index contributed by atoms with van der Waals surface area (Å²) in [6, 6.07) is 12.6. The first-order valence-electron chi connectivity index (χ1n) is 8.98. The van der Waals surface area contributed by atoms with Crippen LogP contribution in [0.3, 0.4) is 0 Å². The van der Waals surface area contributed by atoms with Gasteiger partial charge in [-0.2, -0.15) is 0 Å². The normalized spacial score (nSPS) is 16.0. The number of ether oxygens (including phenoxy) is 3. The Labute approximate surface area is 168 Å². The first-order valence-corrected chi connectivity index (χ1v) is 9.86. The molecule has 0 aromatic heterocycles. The van der Waals surface area contributed by atoms with Crippen molar-refractivity contribution in [3.63, 3.8) is 0 Å². The van der Waals surface area contributed by atoms with E-state index in [1.54, 1.807) is 34.9 Å². The van der Waals surface area contributed by atoms with Crippen LogP contribution < -0.4 is 14.4 Å². The van der Waals surface area contributed by atoms with E-state index in [9.17, 15) is 9.59 Å². The van der Waals surface area contributed by atoms with E-state index in [2.05, 4.69) is 6.92 Å². The molecule has 6 nitrogen and oxygen atoms in total. The zero-order valence-electron chi connectivity index (χ0n) is 16.1. The second-order valence-corrected chi connectivity index (χ2v) is 7.89. The Morgan fingerprint density at radius 3 is 2.46 bits per heavy atom. The lowest BCUT2D eigenvalue weighted by molar-refractivity contribution is -0.121. The molecule has 2 aromatic carbocycles. The number of hydrogen-bond donors (Lipinski definition) is 0. The van der Waals surface area contributed by atoms with Crippen molar-refractivity contribution in [3.8, 4) is 11.5 Å². The van der Waals surface area contributed by atoms with Crippen molar-refractivity contribution in [2.24, 2.45) is 0 Å². The van der Waals surface area contributed by atoms with E-state index < -0.39 is 5.97 Å². The lowest BCUT2D eigenvalue weighted by Gasteiger charge is -2.22. The highest BCUT2D eigenvalue weighted by atomic mass is 32.2. The van der Waals surface area contributed by atoms with Gasteiger partial charge in [0.1, 0.15) is 11.5 Å². The molecule has 0 bridgehead atoms. The molecule has 1 aliphatic heterocycles. The van der Waals surface area contributed by atoms with E-state index in [1.807, 2.05) is 24.3 Å². The molecular weight excluding hydrogens is 378 g/mol. The van der Waals surface area contributed by atoms with Crippen molar-refractivity contribution >= 4 is 29.3 Å². The third kappa shape index (κ3) is 4.59. The van der Waals surface area contributed by atoms with Crippen LogP contribution in [-0.4, -0.2) is 44.5 Å². The fraction of sp³-hybridized carbons (Fsp3) is 0.333. The number of carbonyl (C=O) groups excluding carboxylic acids is 2. The van der Waals surface area contributed by atoms with E-state index in [1.165, 1.54) is 14.2 Å². The maximum absolute atomic E-state index is 12.8. The van der Waals surface area contributed by atoms with Gasteiger partial charge >= 0.3 is 5.97 Å². The summed E-state index contributed by atoms with van der Waals surface area (Å²) < 4.78 is 15.6. The maximum Gasteiger partial charge on any atom is 0.338 e. The molecule has 0 fully saturated rings. The van der Waals surface area contributed by atoms with E-state index in [4.69, 9.17) is 14.2 Å². The average molecular weight is 401 g/mol. The largest absolute Gasteiger partial charge is 0.497 e. The third-order valence-corrected chi connectivity index (χ3v) is 5.70. The fourth-order valence-corrected chi connectivity index (χ4v) is 4.07. The summed E-state index contributed by atoms with van der Waals surface area (Å²) in [5.41, 5.74) is 1.13. The van der Waals surface area contributed by atoms with E-state index >= 15 is 0 Å². The van der Waals surface area contributed by atoms with Crippen molar-refractivity contribution in [1.29, 1.82) is 0 Å². The molecule has 1 heterocycles. The van der Waals surface area contributed by atoms with Gasteiger partial charge in [0.05, 0.1) is 25.5 Å². The Bertz CT molecular complexity index is 847. The van der Waals surface area contributed by atoms with Crippen LogP contribution in [0.5, 0.6) is 11.5 Å². The maximum atomic E-state index is 12.8. The van der Waals surface area contributed by atoms with Crippen molar-refractivity contribution in [3.05, 3.63) is 48.0 Å². The van der Waals surface area contributed by atoms with Crippen molar-refractivity contribution < 1.29 is 23.8 Å². The minimum atomic E-state index is -0.601. The van der Waals surface area contributed by atoms with Gasteiger partial charge in [-0.25, -0.2) is 4.79 Å². The van der Waals surface area contributed by atoms with Gasteiger partial charge in [-0.3, -0.25) is 4.79 Å². The first kappa shape index (κ1) is 20.1.